The van der Waals surface area contributed by atoms with Crippen molar-refractivity contribution in [2.24, 2.45) is 17.6 Å². The Hall–Kier alpha value is -1.69. The normalized spacial score (nSPS) is 23.6. The van der Waals surface area contributed by atoms with Gasteiger partial charge in [-0.1, -0.05) is 6.42 Å². The molecule has 2 unspecified atom stereocenters. The van der Waals surface area contributed by atoms with Crippen LogP contribution in [-0.2, 0) is 0 Å². The molecular formula is C12H17N5O. The summed E-state index contributed by atoms with van der Waals surface area (Å²) < 4.78 is 5.82. The predicted molar refractivity (Wildman–Crippen MR) is 67.1 cm³/mol. The van der Waals surface area contributed by atoms with E-state index in [1.807, 2.05) is 0 Å². The van der Waals surface area contributed by atoms with Crippen LogP contribution in [0.15, 0.2) is 12.7 Å². The van der Waals surface area contributed by atoms with Crippen molar-refractivity contribution < 1.29 is 4.74 Å². The second kappa shape index (κ2) is 4.89. The summed E-state index contributed by atoms with van der Waals surface area (Å²) in [6.07, 6.45) is 6.74. The Balaban J connectivity index is 1.71. The first-order valence-corrected chi connectivity index (χ1v) is 6.35. The monoisotopic (exact) mass is 247 g/mol. The second-order valence-electron chi connectivity index (χ2n) is 4.78. The Morgan fingerprint density at radius 3 is 3.06 bits per heavy atom. The third-order valence-corrected chi connectivity index (χ3v) is 3.74. The number of rotatable bonds is 4. The number of H-pyrrole nitrogens is 1. The number of nitrogens with one attached hydrogen (secondary N) is 1. The van der Waals surface area contributed by atoms with Gasteiger partial charge in [-0.3, -0.25) is 0 Å². The zero-order chi connectivity index (χ0) is 12.4. The molecular weight excluding hydrogens is 230 g/mol. The quantitative estimate of drug-likeness (QED) is 0.844. The lowest BCUT2D eigenvalue weighted by Crippen LogP contribution is -2.23. The average molecular weight is 247 g/mol. The molecule has 2 atom stereocenters. The number of imidazole rings is 1. The lowest BCUT2D eigenvalue weighted by atomic mass is 9.97. The molecule has 2 heterocycles. The zero-order valence-electron chi connectivity index (χ0n) is 10.2. The molecule has 0 saturated heterocycles. The summed E-state index contributed by atoms with van der Waals surface area (Å²) in [5.74, 6) is 1.72. The Morgan fingerprint density at radius 2 is 2.17 bits per heavy atom. The van der Waals surface area contributed by atoms with Crippen molar-refractivity contribution >= 4 is 11.2 Å². The van der Waals surface area contributed by atoms with Crippen molar-refractivity contribution in [3.8, 4) is 5.88 Å². The van der Waals surface area contributed by atoms with Crippen LogP contribution in [0.4, 0.5) is 0 Å². The van der Waals surface area contributed by atoms with Gasteiger partial charge in [-0.2, -0.15) is 4.98 Å². The number of fused-ring (bicyclic) bond motifs is 1. The Bertz CT molecular complexity index is 526. The molecule has 3 rings (SSSR count). The lowest BCUT2D eigenvalue weighted by Gasteiger charge is -2.17. The lowest BCUT2D eigenvalue weighted by molar-refractivity contribution is 0.212. The first-order valence-electron chi connectivity index (χ1n) is 6.35. The topological polar surface area (TPSA) is 89.7 Å². The number of hydrogen-bond donors (Lipinski definition) is 2. The Labute approximate surface area is 105 Å². The fourth-order valence-corrected chi connectivity index (χ4v) is 2.68. The van der Waals surface area contributed by atoms with Gasteiger partial charge in [0.15, 0.2) is 5.65 Å². The summed E-state index contributed by atoms with van der Waals surface area (Å²) in [6, 6.07) is 0. The second-order valence-corrected chi connectivity index (χ2v) is 4.78. The van der Waals surface area contributed by atoms with Gasteiger partial charge in [0.1, 0.15) is 11.8 Å². The van der Waals surface area contributed by atoms with Crippen LogP contribution < -0.4 is 10.5 Å². The van der Waals surface area contributed by atoms with Crippen molar-refractivity contribution in [2.45, 2.75) is 19.3 Å². The third-order valence-electron chi connectivity index (χ3n) is 3.74. The van der Waals surface area contributed by atoms with Crippen LogP contribution in [0.2, 0.25) is 0 Å². The van der Waals surface area contributed by atoms with Gasteiger partial charge in [0.05, 0.1) is 12.9 Å². The number of hydrogen-bond acceptors (Lipinski definition) is 5. The molecule has 0 aliphatic heterocycles. The molecule has 0 bridgehead atoms. The average Bonchev–Trinajstić information content (AvgIpc) is 3.04. The summed E-state index contributed by atoms with van der Waals surface area (Å²) in [5, 5.41) is 0. The Morgan fingerprint density at radius 1 is 1.28 bits per heavy atom. The predicted octanol–water partition coefficient (Wildman–Crippen LogP) is 1.11. The van der Waals surface area contributed by atoms with Gasteiger partial charge in [-0.15, -0.1) is 0 Å². The van der Waals surface area contributed by atoms with E-state index in [9.17, 15) is 0 Å². The minimum Gasteiger partial charge on any atom is -0.476 e. The third kappa shape index (κ3) is 2.03. The van der Waals surface area contributed by atoms with Crippen LogP contribution in [-0.4, -0.2) is 33.1 Å². The van der Waals surface area contributed by atoms with Gasteiger partial charge in [-0.05, 0) is 31.2 Å². The summed E-state index contributed by atoms with van der Waals surface area (Å²) >= 11 is 0. The van der Waals surface area contributed by atoms with Crippen LogP contribution in [0, 0.1) is 11.8 Å². The highest BCUT2D eigenvalue weighted by molar-refractivity contribution is 5.74. The summed E-state index contributed by atoms with van der Waals surface area (Å²) in [5.41, 5.74) is 7.17. The van der Waals surface area contributed by atoms with E-state index < -0.39 is 0 Å². The van der Waals surface area contributed by atoms with Gasteiger partial charge in [-0.25, -0.2) is 9.97 Å². The van der Waals surface area contributed by atoms with Gasteiger partial charge >= 0.3 is 0 Å². The van der Waals surface area contributed by atoms with Crippen LogP contribution >= 0.6 is 0 Å². The minimum atomic E-state index is 0.544. The van der Waals surface area contributed by atoms with E-state index in [1.54, 1.807) is 6.33 Å². The van der Waals surface area contributed by atoms with Crippen molar-refractivity contribution in [1.29, 1.82) is 0 Å². The maximum absolute atomic E-state index is 5.82. The van der Waals surface area contributed by atoms with E-state index in [4.69, 9.17) is 10.5 Å². The fourth-order valence-electron chi connectivity index (χ4n) is 2.68. The first kappa shape index (κ1) is 11.4. The van der Waals surface area contributed by atoms with E-state index >= 15 is 0 Å². The molecule has 2 aromatic heterocycles. The van der Waals surface area contributed by atoms with Gasteiger partial charge in [0.2, 0.25) is 5.88 Å². The zero-order valence-corrected chi connectivity index (χ0v) is 10.2. The van der Waals surface area contributed by atoms with E-state index in [0.717, 1.165) is 12.1 Å². The van der Waals surface area contributed by atoms with E-state index in [-0.39, 0.29) is 0 Å². The summed E-state index contributed by atoms with van der Waals surface area (Å²) in [4.78, 5) is 15.3. The van der Waals surface area contributed by atoms with Crippen LogP contribution in [0.3, 0.4) is 0 Å². The standard InChI is InChI=1S/C12H17N5O/c13-4-8-2-1-3-9(8)5-18-12-10-11(15-6-14-10)16-7-17-12/h6-9H,1-5,13H2,(H,14,15,16,17). The highest BCUT2D eigenvalue weighted by atomic mass is 16.5. The number of aromatic nitrogens is 4. The molecule has 0 spiro atoms. The highest BCUT2D eigenvalue weighted by Gasteiger charge is 2.26. The molecule has 6 nitrogen and oxygen atoms in total. The molecule has 96 valence electrons. The smallest absolute Gasteiger partial charge is 0.243 e. The number of nitrogens with zero attached hydrogens (tertiary/aromatic N) is 3. The van der Waals surface area contributed by atoms with Crippen molar-refractivity contribution in [3.05, 3.63) is 12.7 Å². The molecule has 6 heteroatoms. The summed E-state index contributed by atoms with van der Waals surface area (Å²) in [6.45, 7) is 1.42. The molecule has 0 amide bonds. The molecule has 1 aliphatic rings. The Kier molecular flexibility index (Phi) is 3.10. The molecule has 1 aliphatic carbocycles. The first-order chi connectivity index (χ1) is 8.88. The van der Waals surface area contributed by atoms with E-state index in [1.165, 1.54) is 25.6 Å². The van der Waals surface area contributed by atoms with Crippen molar-refractivity contribution in [1.82, 2.24) is 19.9 Å². The SMILES string of the molecule is NCC1CCCC1COc1ncnc2nc[nH]c12. The van der Waals surface area contributed by atoms with Crippen LogP contribution in [0.1, 0.15) is 19.3 Å². The van der Waals surface area contributed by atoms with Gasteiger partial charge < -0.3 is 15.5 Å². The molecule has 1 saturated carbocycles. The maximum Gasteiger partial charge on any atom is 0.243 e. The summed E-state index contributed by atoms with van der Waals surface area (Å²) in [7, 11) is 0. The maximum atomic E-state index is 5.82. The fraction of sp³-hybridized carbons (Fsp3) is 0.583. The van der Waals surface area contributed by atoms with E-state index in [0.29, 0.717) is 30.0 Å². The highest BCUT2D eigenvalue weighted by Crippen LogP contribution is 2.31. The molecule has 2 aromatic rings. The molecule has 0 aromatic carbocycles. The molecule has 1 fully saturated rings. The van der Waals surface area contributed by atoms with Crippen molar-refractivity contribution in [3.63, 3.8) is 0 Å². The van der Waals surface area contributed by atoms with E-state index in [2.05, 4.69) is 19.9 Å². The number of ether oxygens (including phenoxy) is 1. The minimum absolute atomic E-state index is 0.544. The number of nitrogens with two attached hydrogens (primary N) is 1. The van der Waals surface area contributed by atoms with Gasteiger partial charge in [0.25, 0.3) is 0 Å². The molecule has 3 N–H and O–H groups in total. The molecule has 0 radical (unpaired) electrons. The molecule has 18 heavy (non-hydrogen) atoms. The number of aromatic amines is 1. The van der Waals surface area contributed by atoms with Gasteiger partial charge in [0, 0.05) is 0 Å². The van der Waals surface area contributed by atoms with Crippen LogP contribution in [0.25, 0.3) is 11.2 Å². The largest absolute Gasteiger partial charge is 0.476 e. The van der Waals surface area contributed by atoms with Crippen molar-refractivity contribution in [2.75, 3.05) is 13.2 Å². The van der Waals surface area contributed by atoms with Crippen LogP contribution in [0.5, 0.6) is 5.88 Å².